The Bertz CT molecular complexity index is 511. The molecule has 7 nitrogen and oxygen atoms in total. The first kappa shape index (κ1) is 16.8. The highest BCUT2D eigenvalue weighted by atomic mass is 16.5. The van der Waals surface area contributed by atoms with Crippen LogP contribution in [0.25, 0.3) is 6.08 Å². The molecule has 0 saturated carbocycles. The standard InChI is InChI=1S/C14H20N4O3/c1-4-18(21)12-7-5-11(9-15-12)6-8-13(19)16-10-14(20)17(2)3/h5-9,18H,4,10H2,1-3H3,(H,16,19)/b8-6+. The second-order valence-electron chi connectivity index (χ2n) is 4.59. The average molecular weight is 292 g/mol. The molecule has 0 aliphatic heterocycles. The maximum atomic E-state index is 11.5. The van der Waals surface area contributed by atoms with Gasteiger partial charge in [-0.15, -0.1) is 0 Å². The van der Waals surface area contributed by atoms with Gasteiger partial charge in [-0.3, -0.25) is 9.59 Å². The predicted molar refractivity (Wildman–Crippen MR) is 79.5 cm³/mol. The van der Waals surface area contributed by atoms with Crippen LogP contribution in [0.1, 0.15) is 12.5 Å². The molecule has 1 unspecified atom stereocenters. The van der Waals surface area contributed by atoms with Crippen LogP contribution in [0.4, 0.5) is 5.82 Å². The highest BCUT2D eigenvalue weighted by molar-refractivity contribution is 5.94. The minimum Gasteiger partial charge on any atom is -0.628 e. The fourth-order valence-electron chi connectivity index (χ4n) is 1.40. The molecule has 0 aliphatic carbocycles. The molecule has 1 heterocycles. The van der Waals surface area contributed by atoms with Gasteiger partial charge in [0.15, 0.2) is 0 Å². The third-order valence-corrected chi connectivity index (χ3v) is 2.73. The summed E-state index contributed by atoms with van der Waals surface area (Å²) in [7, 11) is 3.24. The van der Waals surface area contributed by atoms with Gasteiger partial charge in [0.2, 0.25) is 17.6 Å². The SMILES string of the molecule is CC[NH+]([O-])c1ccc(/C=C/C(=O)NCC(=O)N(C)C)cn1. The second kappa shape index (κ2) is 8.13. The Hall–Kier alpha value is -2.25. The molecule has 2 N–H and O–H groups in total. The summed E-state index contributed by atoms with van der Waals surface area (Å²) in [5.41, 5.74) is 0.705. The second-order valence-corrected chi connectivity index (χ2v) is 4.59. The van der Waals surface area contributed by atoms with Crippen molar-refractivity contribution in [2.24, 2.45) is 0 Å². The van der Waals surface area contributed by atoms with E-state index in [-0.39, 0.29) is 23.4 Å². The van der Waals surface area contributed by atoms with Gasteiger partial charge in [-0.05, 0) is 24.6 Å². The Balaban J connectivity index is 2.52. The lowest BCUT2D eigenvalue weighted by Crippen LogP contribution is -3.01. The molecule has 1 aromatic rings. The number of nitrogens with zero attached hydrogens (tertiary/aromatic N) is 2. The summed E-state index contributed by atoms with van der Waals surface area (Å²) in [6.45, 7) is 2.14. The molecular weight excluding hydrogens is 272 g/mol. The first-order valence-electron chi connectivity index (χ1n) is 6.59. The van der Waals surface area contributed by atoms with E-state index in [0.717, 1.165) is 0 Å². The van der Waals surface area contributed by atoms with E-state index in [4.69, 9.17) is 0 Å². The number of likely N-dealkylation sites (N-methyl/N-ethyl adjacent to an activating group) is 1. The molecule has 0 aromatic carbocycles. The first-order valence-corrected chi connectivity index (χ1v) is 6.59. The van der Waals surface area contributed by atoms with Gasteiger partial charge in [0.1, 0.15) is 0 Å². The zero-order chi connectivity index (χ0) is 15.8. The van der Waals surface area contributed by atoms with Crippen LogP contribution in [0, 0.1) is 5.21 Å². The van der Waals surface area contributed by atoms with Gasteiger partial charge in [0, 0.05) is 32.4 Å². The van der Waals surface area contributed by atoms with E-state index in [9.17, 15) is 14.8 Å². The Morgan fingerprint density at radius 1 is 1.43 bits per heavy atom. The van der Waals surface area contributed by atoms with Crippen molar-refractivity contribution in [1.29, 1.82) is 0 Å². The van der Waals surface area contributed by atoms with Crippen LogP contribution in [0.5, 0.6) is 0 Å². The van der Waals surface area contributed by atoms with Crippen LogP contribution < -0.4 is 10.4 Å². The number of rotatable bonds is 6. The number of amides is 2. The Labute approximate surface area is 123 Å². The van der Waals surface area contributed by atoms with Crippen LogP contribution in [0.2, 0.25) is 0 Å². The maximum Gasteiger partial charge on any atom is 0.244 e. The van der Waals surface area contributed by atoms with Gasteiger partial charge in [0.05, 0.1) is 13.1 Å². The Kier molecular flexibility index (Phi) is 6.51. The predicted octanol–water partition coefficient (Wildman–Crippen LogP) is -0.667. The third-order valence-electron chi connectivity index (χ3n) is 2.73. The summed E-state index contributed by atoms with van der Waals surface area (Å²) in [5, 5.41) is 13.9. The highest BCUT2D eigenvalue weighted by Crippen LogP contribution is 2.03. The number of hydroxylamine groups is 1. The van der Waals surface area contributed by atoms with Crippen LogP contribution in [0.15, 0.2) is 24.4 Å². The molecule has 1 atom stereocenters. The zero-order valence-electron chi connectivity index (χ0n) is 12.4. The number of carbonyl (C=O) groups is 2. The lowest BCUT2D eigenvalue weighted by Gasteiger charge is -2.17. The van der Waals surface area contributed by atoms with E-state index in [1.54, 1.807) is 39.2 Å². The van der Waals surface area contributed by atoms with Gasteiger partial charge in [0.25, 0.3) is 0 Å². The summed E-state index contributed by atoms with van der Waals surface area (Å²) in [6, 6.07) is 3.34. The summed E-state index contributed by atoms with van der Waals surface area (Å²) >= 11 is 0. The third kappa shape index (κ3) is 5.72. The normalized spacial score (nSPS) is 12.2. The molecule has 0 bridgehead atoms. The largest absolute Gasteiger partial charge is 0.628 e. The van der Waals surface area contributed by atoms with E-state index in [0.29, 0.717) is 17.9 Å². The van der Waals surface area contributed by atoms with Gasteiger partial charge in [-0.1, -0.05) is 0 Å². The minimum atomic E-state index is -0.362. The molecule has 0 fully saturated rings. The number of pyridine rings is 1. The van der Waals surface area contributed by atoms with E-state index in [2.05, 4.69) is 10.3 Å². The molecule has 1 aromatic heterocycles. The molecule has 0 radical (unpaired) electrons. The smallest absolute Gasteiger partial charge is 0.244 e. The fourth-order valence-corrected chi connectivity index (χ4v) is 1.40. The number of hydrogen-bond acceptors (Lipinski definition) is 4. The molecule has 1 rings (SSSR count). The van der Waals surface area contributed by atoms with E-state index in [1.807, 2.05) is 0 Å². The quantitative estimate of drug-likeness (QED) is 0.538. The van der Waals surface area contributed by atoms with Crippen molar-refractivity contribution in [3.8, 4) is 0 Å². The Morgan fingerprint density at radius 2 is 2.14 bits per heavy atom. The number of aromatic nitrogens is 1. The molecule has 0 saturated heterocycles. The molecule has 0 spiro atoms. The van der Waals surface area contributed by atoms with Crippen molar-refractivity contribution in [2.45, 2.75) is 6.92 Å². The molecule has 114 valence electrons. The summed E-state index contributed by atoms with van der Waals surface area (Å²) < 4.78 is 0. The average Bonchev–Trinajstić information content (AvgIpc) is 2.50. The van der Waals surface area contributed by atoms with Gasteiger partial charge in [-0.25, -0.2) is 4.98 Å². The van der Waals surface area contributed by atoms with Gasteiger partial charge >= 0.3 is 0 Å². The number of quaternary nitrogens is 1. The first-order chi connectivity index (χ1) is 9.93. The molecular formula is C14H20N4O3. The van der Waals surface area contributed by atoms with E-state index in [1.165, 1.54) is 17.2 Å². The topological polar surface area (TPSA) is 89.8 Å². The molecule has 0 aliphatic rings. The number of carbonyl (C=O) groups excluding carboxylic acids is 2. The van der Waals surface area contributed by atoms with Crippen LogP contribution in [-0.4, -0.2) is 48.9 Å². The fraction of sp³-hybridized carbons (Fsp3) is 0.357. The number of hydrogen-bond donors (Lipinski definition) is 2. The van der Waals surface area contributed by atoms with Crippen molar-refractivity contribution in [3.63, 3.8) is 0 Å². The zero-order valence-corrected chi connectivity index (χ0v) is 12.4. The number of nitrogens with one attached hydrogen (secondary N) is 2. The van der Waals surface area contributed by atoms with Crippen LogP contribution in [0.3, 0.4) is 0 Å². The van der Waals surface area contributed by atoms with Crippen molar-refractivity contribution < 1.29 is 14.7 Å². The van der Waals surface area contributed by atoms with Crippen molar-refractivity contribution in [1.82, 2.24) is 15.2 Å². The van der Waals surface area contributed by atoms with Crippen LogP contribution >= 0.6 is 0 Å². The summed E-state index contributed by atoms with van der Waals surface area (Å²) in [4.78, 5) is 28.2. The summed E-state index contributed by atoms with van der Waals surface area (Å²) in [6.07, 6.45) is 4.42. The van der Waals surface area contributed by atoms with Gasteiger partial charge in [-0.2, -0.15) is 0 Å². The van der Waals surface area contributed by atoms with E-state index < -0.39 is 0 Å². The van der Waals surface area contributed by atoms with E-state index >= 15 is 0 Å². The van der Waals surface area contributed by atoms with Crippen molar-refractivity contribution in [2.75, 3.05) is 27.2 Å². The van der Waals surface area contributed by atoms with Crippen LogP contribution in [-0.2, 0) is 9.59 Å². The molecule has 21 heavy (non-hydrogen) atoms. The lowest BCUT2D eigenvalue weighted by atomic mass is 10.2. The van der Waals surface area contributed by atoms with Crippen molar-refractivity contribution >= 4 is 23.7 Å². The van der Waals surface area contributed by atoms with Gasteiger partial charge < -0.3 is 20.5 Å². The summed E-state index contributed by atoms with van der Waals surface area (Å²) in [5.74, 6) is -0.129. The molecule has 2 amide bonds. The highest BCUT2D eigenvalue weighted by Gasteiger charge is 2.05. The van der Waals surface area contributed by atoms with Crippen molar-refractivity contribution in [3.05, 3.63) is 35.2 Å². The Morgan fingerprint density at radius 3 is 2.67 bits per heavy atom. The maximum absolute atomic E-state index is 11.5. The minimum absolute atomic E-state index is 0.0227. The monoisotopic (exact) mass is 292 g/mol. The molecule has 7 heteroatoms. The lowest BCUT2D eigenvalue weighted by molar-refractivity contribution is -0.776.